The van der Waals surface area contributed by atoms with Crippen LogP contribution in [0.5, 0.6) is 11.5 Å². The Bertz CT molecular complexity index is 813. The van der Waals surface area contributed by atoms with Gasteiger partial charge in [0.25, 0.3) is 0 Å². The number of sulfonamides is 1. The van der Waals surface area contributed by atoms with Crippen molar-refractivity contribution in [2.24, 2.45) is 0 Å². The van der Waals surface area contributed by atoms with Crippen LogP contribution in [0.3, 0.4) is 0 Å². The smallest absolute Gasteiger partial charge is 0.243 e. The van der Waals surface area contributed by atoms with E-state index in [-0.39, 0.29) is 10.9 Å². The molecule has 1 aliphatic heterocycles. The topological polar surface area (TPSA) is 60.8 Å². The highest BCUT2D eigenvalue weighted by Gasteiger charge is 2.34. The molecule has 1 aromatic carbocycles. The highest BCUT2D eigenvalue weighted by atomic mass is 32.2. The lowest BCUT2D eigenvalue weighted by Gasteiger charge is -2.34. The van der Waals surface area contributed by atoms with Crippen molar-refractivity contribution in [2.45, 2.75) is 24.4 Å². The summed E-state index contributed by atoms with van der Waals surface area (Å²) in [5, 5.41) is 0. The van der Waals surface area contributed by atoms with Gasteiger partial charge in [0.05, 0.1) is 25.2 Å². The van der Waals surface area contributed by atoms with Crippen LogP contribution in [0.2, 0.25) is 0 Å². The molecule has 1 atom stereocenters. The van der Waals surface area contributed by atoms with Gasteiger partial charge in [0.15, 0.2) is 11.5 Å². The molecule has 0 N–H and O–H groups in total. The van der Waals surface area contributed by atoms with Gasteiger partial charge in [0, 0.05) is 31.0 Å². The molecular formula is C16H20N2O4S. The highest BCUT2D eigenvalue weighted by Crippen LogP contribution is 2.34. The fourth-order valence-electron chi connectivity index (χ4n) is 3.00. The first kappa shape index (κ1) is 15.9. The van der Waals surface area contributed by atoms with E-state index < -0.39 is 10.0 Å². The van der Waals surface area contributed by atoms with Crippen molar-refractivity contribution in [3.8, 4) is 11.5 Å². The van der Waals surface area contributed by atoms with Crippen LogP contribution < -0.4 is 9.47 Å². The zero-order valence-electron chi connectivity index (χ0n) is 13.4. The van der Waals surface area contributed by atoms with Gasteiger partial charge >= 0.3 is 0 Å². The van der Waals surface area contributed by atoms with Gasteiger partial charge in [-0.15, -0.1) is 0 Å². The number of hydrogen-bond acceptors (Lipinski definition) is 4. The molecule has 6 nitrogen and oxygen atoms in total. The molecule has 0 amide bonds. The van der Waals surface area contributed by atoms with E-state index >= 15 is 0 Å². The maximum absolute atomic E-state index is 13.0. The molecule has 7 heteroatoms. The number of aromatic nitrogens is 1. The fraction of sp³-hybridized carbons (Fsp3) is 0.375. The number of rotatable bonds is 4. The first-order valence-corrected chi connectivity index (χ1v) is 8.82. The number of methoxy groups -OCH3 is 2. The molecule has 0 unspecified atom stereocenters. The summed E-state index contributed by atoms with van der Waals surface area (Å²) in [7, 11) is -0.593. The molecule has 124 valence electrons. The molecule has 2 aromatic rings. The number of nitrogens with zero attached hydrogens (tertiary/aromatic N) is 2. The van der Waals surface area contributed by atoms with E-state index in [2.05, 4.69) is 4.57 Å². The Balaban J connectivity index is 1.99. The van der Waals surface area contributed by atoms with Gasteiger partial charge in [-0.05, 0) is 31.2 Å². The standard InChI is InChI=1S/C16H20N2O4S/c1-12-14-5-4-8-17(14)9-10-18(12)23(19,20)13-6-7-15(21-2)16(11-13)22-3/h4-8,11-12H,9-10H2,1-3H3/t12-/m1/s1. The molecule has 1 aliphatic rings. The molecule has 3 rings (SSSR count). The van der Waals surface area contributed by atoms with Crippen LogP contribution in [0.15, 0.2) is 41.4 Å². The second-order valence-electron chi connectivity index (χ2n) is 5.43. The van der Waals surface area contributed by atoms with Crippen molar-refractivity contribution in [3.63, 3.8) is 0 Å². The van der Waals surface area contributed by atoms with Crippen molar-refractivity contribution >= 4 is 10.0 Å². The van der Waals surface area contributed by atoms with Gasteiger partial charge in [0.1, 0.15) is 0 Å². The van der Waals surface area contributed by atoms with E-state index in [0.29, 0.717) is 24.6 Å². The molecule has 0 bridgehead atoms. The van der Waals surface area contributed by atoms with Crippen LogP contribution in [0.1, 0.15) is 18.7 Å². The summed E-state index contributed by atoms with van der Waals surface area (Å²) in [5.74, 6) is 0.911. The first-order valence-electron chi connectivity index (χ1n) is 7.38. The van der Waals surface area contributed by atoms with Crippen LogP contribution in [0, 0.1) is 0 Å². The normalized spacial score (nSPS) is 18.5. The van der Waals surface area contributed by atoms with Crippen LogP contribution in [-0.2, 0) is 16.6 Å². The molecule has 0 spiro atoms. The largest absolute Gasteiger partial charge is 0.493 e. The van der Waals surface area contributed by atoms with Crippen molar-refractivity contribution in [2.75, 3.05) is 20.8 Å². The molecule has 0 fully saturated rings. The Labute approximate surface area is 136 Å². The van der Waals surface area contributed by atoms with Crippen molar-refractivity contribution < 1.29 is 17.9 Å². The number of ether oxygens (including phenoxy) is 2. The van der Waals surface area contributed by atoms with Gasteiger partial charge < -0.3 is 14.0 Å². The molecule has 0 radical (unpaired) electrons. The third-order valence-corrected chi connectivity index (χ3v) is 6.21. The fourth-order valence-corrected chi connectivity index (χ4v) is 4.61. The number of hydrogen-bond donors (Lipinski definition) is 0. The maximum atomic E-state index is 13.0. The molecule has 0 aliphatic carbocycles. The summed E-state index contributed by atoms with van der Waals surface area (Å²) in [6, 6.07) is 8.37. The lowest BCUT2D eigenvalue weighted by atomic mass is 10.2. The van der Waals surface area contributed by atoms with Gasteiger partial charge in [-0.3, -0.25) is 0 Å². The minimum absolute atomic E-state index is 0.210. The van der Waals surface area contributed by atoms with Gasteiger partial charge in [-0.2, -0.15) is 4.31 Å². The monoisotopic (exact) mass is 336 g/mol. The van der Waals surface area contributed by atoms with Gasteiger partial charge in [-0.1, -0.05) is 0 Å². The van der Waals surface area contributed by atoms with E-state index in [9.17, 15) is 8.42 Å². The molecule has 1 aromatic heterocycles. The van der Waals surface area contributed by atoms with E-state index in [1.54, 1.807) is 12.1 Å². The predicted molar refractivity (Wildman–Crippen MR) is 86.3 cm³/mol. The maximum Gasteiger partial charge on any atom is 0.243 e. The molecule has 0 saturated heterocycles. The summed E-state index contributed by atoms with van der Waals surface area (Å²) < 4.78 is 40.0. The average molecular weight is 336 g/mol. The van der Waals surface area contributed by atoms with E-state index in [1.165, 1.54) is 24.6 Å². The quantitative estimate of drug-likeness (QED) is 0.859. The zero-order valence-corrected chi connectivity index (χ0v) is 14.2. The minimum atomic E-state index is -3.60. The predicted octanol–water partition coefficient (Wildman–Crippen LogP) is 2.27. The lowest BCUT2D eigenvalue weighted by molar-refractivity contribution is 0.282. The van der Waals surface area contributed by atoms with Crippen LogP contribution in [-0.4, -0.2) is 38.1 Å². The van der Waals surface area contributed by atoms with Crippen LogP contribution in [0.25, 0.3) is 0 Å². The van der Waals surface area contributed by atoms with Crippen molar-refractivity contribution in [1.29, 1.82) is 0 Å². The van der Waals surface area contributed by atoms with Crippen LogP contribution >= 0.6 is 0 Å². The number of fused-ring (bicyclic) bond motifs is 1. The Morgan fingerprint density at radius 3 is 2.52 bits per heavy atom. The van der Waals surface area contributed by atoms with Crippen molar-refractivity contribution in [1.82, 2.24) is 8.87 Å². The first-order chi connectivity index (χ1) is 11.0. The van der Waals surface area contributed by atoms with E-state index in [1.807, 2.05) is 25.3 Å². The summed E-state index contributed by atoms with van der Waals surface area (Å²) in [4.78, 5) is 0.210. The molecular weight excluding hydrogens is 316 g/mol. The van der Waals surface area contributed by atoms with E-state index in [4.69, 9.17) is 9.47 Å². The Morgan fingerprint density at radius 1 is 1.09 bits per heavy atom. The molecule has 2 heterocycles. The number of benzene rings is 1. The summed E-state index contributed by atoms with van der Waals surface area (Å²) in [6.07, 6.45) is 1.98. The minimum Gasteiger partial charge on any atom is -0.493 e. The second kappa shape index (κ2) is 5.90. The highest BCUT2D eigenvalue weighted by molar-refractivity contribution is 7.89. The third kappa shape index (κ3) is 2.60. The summed E-state index contributed by atoms with van der Waals surface area (Å²) in [5.41, 5.74) is 1.00. The zero-order chi connectivity index (χ0) is 16.6. The van der Waals surface area contributed by atoms with Gasteiger partial charge in [0.2, 0.25) is 10.0 Å². The summed E-state index contributed by atoms with van der Waals surface area (Å²) >= 11 is 0. The Morgan fingerprint density at radius 2 is 1.83 bits per heavy atom. The Hall–Kier alpha value is -1.99. The molecule has 23 heavy (non-hydrogen) atoms. The van der Waals surface area contributed by atoms with Crippen LogP contribution in [0.4, 0.5) is 0 Å². The Kier molecular flexibility index (Phi) is 4.08. The molecule has 0 saturated carbocycles. The van der Waals surface area contributed by atoms with Gasteiger partial charge in [-0.25, -0.2) is 8.42 Å². The lowest BCUT2D eigenvalue weighted by Crippen LogP contribution is -2.40. The van der Waals surface area contributed by atoms with Crippen molar-refractivity contribution in [3.05, 3.63) is 42.2 Å². The third-order valence-electron chi connectivity index (χ3n) is 4.25. The SMILES string of the molecule is COc1ccc(S(=O)(=O)N2CCn3cccc3[C@H]2C)cc1OC. The summed E-state index contributed by atoms with van der Waals surface area (Å²) in [6.45, 7) is 3.00. The average Bonchev–Trinajstić information content (AvgIpc) is 3.03. The van der Waals surface area contributed by atoms with E-state index in [0.717, 1.165) is 5.69 Å². The second-order valence-corrected chi connectivity index (χ2v) is 7.33.